The summed E-state index contributed by atoms with van der Waals surface area (Å²) in [6.45, 7) is 5.08. The molecule has 0 spiro atoms. The molecular weight excluding hydrogens is 492 g/mol. The van der Waals surface area contributed by atoms with Crippen molar-refractivity contribution in [1.29, 1.82) is 0 Å². The number of hydrogen-bond donors (Lipinski definition) is 1. The Morgan fingerprint density at radius 3 is 2.62 bits per heavy atom. The van der Waals surface area contributed by atoms with Crippen LogP contribution in [0.5, 0.6) is 0 Å². The number of hydrogen-bond acceptors (Lipinski definition) is 4. The van der Waals surface area contributed by atoms with Crippen molar-refractivity contribution in [3.05, 3.63) is 93.7 Å². The summed E-state index contributed by atoms with van der Waals surface area (Å²) in [6, 6.07) is 13.7. The Morgan fingerprint density at radius 2 is 1.87 bits per heavy atom. The Morgan fingerprint density at radius 1 is 1.08 bits per heavy atom. The molecule has 9 heteroatoms. The monoisotopic (exact) mass is 522 g/mol. The molecule has 1 atom stereocenters. The molecule has 4 aromatic rings. The van der Waals surface area contributed by atoms with Crippen LogP contribution in [0.2, 0.25) is 0 Å². The van der Waals surface area contributed by atoms with E-state index in [0.717, 1.165) is 28.2 Å². The number of imidazole rings is 1. The molecule has 2 amide bonds. The summed E-state index contributed by atoms with van der Waals surface area (Å²) >= 11 is 0. The lowest BCUT2D eigenvalue weighted by molar-refractivity contribution is -0.126. The molecule has 0 unspecified atom stereocenters. The number of benzene rings is 2. The quantitative estimate of drug-likeness (QED) is 0.416. The van der Waals surface area contributed by atoms with Gasteiger partial charge < -0.3 is 14.8 Å². The van der Waals surface area contributed by atoms with Crippen LogP contribution in [0, 0.1) is 0 Å². The van der Waals surface area contributed by atoms with Gasteiger partial charge in [-0.3, -0.25) is 14.2 Å². The number of aromatic nitrogens is 4. The van der Waals surface area contributed by atoms with Crippen molar-refractivity contribution in [3.8, 4) is 5.69 Å². The summed E-state index contributed by atoms with van der Waals surface area (Å²) in [5.74, 6) is 0.418. The first-order valence-corrected chi connectivity index (χ1v) is 13.5. The highest BCUT2D eigenvalue weighted by Gasteiger charge is 2.40. The molecule has 2 aliphatic heterocycles. The van der Waals surface area contributed by atoms with Crippen LogP contribution in [-0.2, 0) is 24.7 Å². The van der Waals surface area contributed by atoms with E-state index in [1.807, 2.05) is 9.58 Å². The molecule has 4 heterocycles. The summed E-state index contributed by atoms with van der Waals surface area (Å²) in [4.78, 5) is 45.2. The van der Waals surface area contributed by atoms with Gasteiger partial charge in [0.1, 0.15) is 0 Å². The molecule has 0 bridgehead atoms. The van der Waals surface area contributed by atoms with Crippen LogP contribution in [0.3, 0.4) is 0 Å². The van der Waals surface area contributed by atoms with E-state index < -0.39 is 0 Å². The standard InChI is InChI=1S/C30H30N6O3/c1-3-27(37)34-14-12-22-28-25(36(32-22)21-9-6-19(7-10-21)18-4-5-18)13-15-35(26(28)17-34)29(38)20-8-11-24-23(16-20)31-30(39)33(24)2/h3,6-11,16,18,26H,1,4-5,12-15,17H2,2H3,(H,31,39)/t26-/m1/s1. The fourth-order valence-corrected chi connectivity index (χ4v) is 6.22. The fraction of sp³-hybridized carbons (Fsp3) is 0.333. The molecule has 39 heavy (non-hydrogen) atoms. The van der Waals surface area contributed by atoms with Gasteiger partial charge in [0.2, 0.25) is 5.91 Å². The molecule has 3 aliphatic rings. The molecule has 0 radical (unpaired) electrons. The number of H-pyrrole nitrogens is 1. The maximum Gasteiger partial charge on any atom is 0.326 e. The van der Waals surface area contributed by atoms with Crippen LogP contribution in [0.1, 0.15) is 57.7 Å². The molecule has 1 fully saturated rings. The minimum Gasteiger partial charge on any atom is -0.336 e. The lowest BCUT2D eigenvalue weighted by atomic mass is 9.94. The Kier molecular flexibility index (Phi) is 5.36. The Hall–Kier alpha value is -4.40. The van der Waals surface area contributed by atoms with Crippen LogP contribution >= 0.6 is 0 Å². The topological polar surface area (TPSA) is 96.2 Å². The number of carbonyl (C=O) groups is 2. The molecule has 1 aliphatic carbocycles. The summed E-state index contributed by atoms with van der Waals surface area (Å²) in [5, 5.41) is 5.04. The van der Waals surface area contributed by atoms with E-state index >= 15 is 0 Å². The SMILES string of the molecule is C=CC(=O)N1CCc2nn(-c3ccc(C4CC4)cc3)c3c2[C@@H](C1)N(C(=O)c1ccc2c(c1)[nH]c(=O)n2C)CC3. The van der Waals surface area contributed by atoms with E-state index in [9.17, 15) is 14.4 Å². The van der Waals surface area contributed by atoms with Crippen molar-refractivity contribution in [2.24, 2.45) is 7.05 Å². The van der Waals surface area contributed by atoms with Crippen molar-refractivity contribution in [1.82, 2.24) is 29.1 Å². The van der Waals surface area contributed by atoms with Crippen molar-refractivity contribution >= 4 is 22.8 Å². The molecule has 0 saturated heterocycles. The largest absolute Gasteiger partial charge is 0.336 e. The van der Waals surface area contributed by atoms with Crippen LogP contribution in [0.15, 0.2) is 59.9 Å². The molecule has 1 saturated carbocycles. The second-order valence-electron chi connectivity index (χ2n) is 10.8. The van der Waals surface area contributed by atoms with Gasteiger partial charge in [0, 0.05) is 50.7 Å². The predicted molar refractivity (Wildman–Crippen MR) is 147 cm³/mol. The van der Waals surface area contributed by atoms with Gasteiger partial charge in [-0.05, 0) is 60.7 Å². The average Bonchev–Trinajstić information content (AvgIpc) is 3.72. The lowest BCUT2D eigenvalue weighted by Crippen LogP contribution is -2.45. The highest BCUT2D eigenvalue weighted by molar-refractivity contribution is 5.98. The number of aromatic amines is 1. The van der Waals surface area contributed by atoms with Crippen molar-refractivity contribution in [2.75, 3.05) is 19.6 Å². The maximum atomic E-state index is 14.0. The number of amides is 2. The zero-order valence-electron chi connectivity index (χ0n) is 21.9. The molecule has 2 aromatic carbocycles. The third kappa shape index (κ3) is 3.83. The van der Waals surface area contributed by atoms with E-state index in [-0.39, 0.29) is 23.5 Å². The highest BCUT2D eigenvalue weighted by Crippen LogP contribution is 2.41. The van der Waals surface area contributed by atoms with E-state index in [1.54, 1.807) is 30.1 Å². The number of fused-ring (bicyclic) bond motifs is 1. The fourth-order valence-electron chi connectivity index (χ4n) is 6.22. The van der Waals surface area contributed by atoms with Gasteiger partial charge in [0.15, 0.2) is 0 Å². The van der Waals surface area contributed by atoms with Gasteiger partial charge in [-0.2, -0.15) is 5.10 Å². The number of aryl methyl sites for hydroxylation is 1. The first kappa shape index (κ1) is 23.7. The predicted octanol–water partition coefficient (Wildman–Crippen LogP) is 3.24. The Bertz CT molecular complexity index is 1700. The Labute approximate surface area is 225 Å². The normalized spacial score (nSPS) is 18.6. The lowest BCUT2D eigenvalue weighted by Gasteiger charge is -2.38. The van der Waals surface area contributed by atoms with Gasteiger partial charge in [-0.25, -0.2) is 9.48 Å². The van der Waals surface area contributed by atoms with Gasteiger partial charge in [0.05, 0.1) is 34.2 Å². The van der Waals surface area contributed by atoms with Gasteiger partial charge in [-0.15, -0.1) is 0 Å². The van der Waals surface area contributed by atoms with Gasteiger partial charge in [0.25, 0.3) is 5.91 Å². The van der Waals surface area contributed by atoms with E-state index in [2.05, 4.69) is 35.8 Å². The third-order valence-corrected chi connectivity index (χ3v) is 8.49. The maximum absolute atomic E-state index is 14.0. The van der Waals surface area contributed by atoms with Crippen molar-refractivity contribution in [3.63, 3.8) is 0 Å². The number of carbonyl (C=O) groups excluding carboxylic acids is 2. The molecular formula is C30H30N6O3. The van der Waals surface area contributed by atoms with E-state index in [4.69, 9.17) is 5.10 Å². The average molecular weight is 523 g/mol. The van der Waals surface area contributed by atoms with Crippen molar-refractivity contribution < 1.29 is 9.59 Å². The minimum atomic E-state index is -0.326. The van der Waals surface area contributed by atoms with Gasteiger partial charge in [-0.1, -0.05) is 18.7 Å². The summed E-state index contributed by atoms with van der Waals surface area (Å²) in [7, 11) is 1.70. The molecule has 1 N–H and O–H groups in total. The minimum absolute atomic E-state index is 0.127. The second kappa shape index (κ2) is 8.83. The van der Waals surface area contributed by atoms with E-state index in [1.165, 1.54) is 29.0 Å². The first-order chi connectivity index (χ1) is 18.9. The number of nitrogens with one attached hydrogen (secondary N) is 1. The molecule has 198 valence electrons. The zero-order chi connectivity index (χ0) is 26.8. The molecule has 2 aromatic heterocycles. The Balaban J connectivity index is 1.29. The van der Waals surface area contributed by atoms with Gasteiger partial charge >= 0.3 is 5.69 Å². The summed E-state index contributed by atoms with van der Waals surface area (Å²) in [6.07, 6.45) is 5.14. The summed E-state index contributed by atoms with van der Waals surface area (Å²) < 4.78 is 3.57. The first-order valence-electron chi connectivity index (χ1n) is 13.5. The summed E-state index contributed by atoms with van der Waals surface area (Å²) in [5.41, 5.74) is 7.14. The molecule has 9 nitrogen and oxygen atoms in total. The van der Waals surface area contributed by atoms with Crippen LogP contribution < -0.4 is 5.69 Å². The highest BCUT2D eigenvalue weighted by atomic mass is 16.2. The van der Waals surface area contributed by atoms with Crippen molar-refractivity contribution in [2.45, 2.75) is 37.6 Å². The zero-order valence-corrected chi connectivity index (χ0v) is 21.9. The smallest absolute Gasteiger partial charge is 0.326 e. The second-order valence-corrected chi connectivity index (χ2v) is 10.8. The number of rotatable bonds is 4. The number of nitrogens with zero attached hydrogens (tertiary/aromatic N) is 5. The van der Waals surface area contributed by atoms with Crippen LogP contribution in [-0.4, -0.2) is 60.6 Å². The third-order valence-electron chi connectivity index (χ3n) is 8.49. The van der Waals surface area contributed by atoms with Crippen LogP contribution in [0.25, 0.3) is 16.7 Å². The van der Waals surface area contributed by atoms with E-state index in [0.29, 0.717) is 49.5 Å². The molecule has 7 rings (SSSR count). The van der Waals surface area contributed by atoms with Crippen LogP contribution in [0.4, 0.5) is 0 Å².